The second kappa shape index (κ2) is 12.1. The molecule has 3 aliphatic heterocycles. The summed E-state index contributed by atoms with van der Waals surface area (Å²) < 4.78 is 6.30. The van der Waals surface area contributed by atoms with Gasteiger partial charge >= 0.3 is 0 Å². The van der Waals surface area contributed by atoms with Gasteiger partial charge in [-0.1, -0.05) is 36.9 Å². The number of aromatic nitrogens is 2. The van der Waals surface area contributed by atoms with E-state index in [0.717, 1.165) is 49.4 Å². The molecular formula is C33H39N7O2. The zero-order chi connectivity index (χ0) is 29.2. The zero-order valence-electron chi connectivity index (χ0n) is 24.6. The average molecular weight is 566 g/mol. The van der Waals surface area contributed by atoms with Crippen LogP contribution in [0.2, 0.25) is 0 Å². The van der Waals surface area contributed by atoms with E-state index in [9.17, 15) is 10.1 Å². The SMILES string of the molecule is C=CC(=O)N1CCN(c2nc(CO[C@H]3CCCN3C)nc3c2CCN(c2cccc4cccc(C)c24)C3)C[C@@H]1CC#N. The highest BCUT2D eigenvalue weighted by atomic mass is 16.5. The van der Waals surface area contributed by atoms with Gasteiger partial charge in [-0.2, -0.15) is 5.26 Å². The fraction of sp³-hybridized carbons (Fsp3) is 0.455. The van der Waals surface area contributed by atoms with Crippen molar-refractivity contribution in [1.29, 1.82) is 5.26 Å². The van der Waals surface area contributed by atoms with Gasteiger partial charge in [0.15, 0.2) is 5.82 Å². The maximum absolute atomic E-state index is 12.5. The molecule has 2 aromatic carbocycles. The second-order valence-electron chi connectivity index (χ2n) is 11.6. The fourth-order valence-corrected chi connectivity index (χ4v) is 6.76. The van der Waals surface area contributed by atoms with Crippen molar-refractivity contribution in [3.8, 4) is 6.07 Å². The number of ether oxygens (including phenoxy) is 1. The molecule has 6 rings (SSSR count). The molecule has 0 N–H and O–H groups in total. The number of nitriles is 1. The largest absolute Gasteiger partial charge is 0.365 e. The van der Waals surface area contributed by atoms with E-state index in [2.05, 4.69) is 77.7 Å². The van der Waals surface area contributed by atoms with Crippen molar-refractivity contribution < 1.29 is 9.53 Å². The Morgan fingerprint density at radius 3 is 2.74 bits per heavy atom. The van der Waals surface area contributed by atoms with Crippen LogP contribution in [-0.2, 0) is 29.1 Å². The first-order chi connectivity index (χ1) is 20.5. The van der Waals surface area contributed by atoms with Gasteiger partial charge < -0.3 is 19.4 Å². The number of amides is 1. The molecule has 0 radical (unpaired) electrons. The molecule has 3 aromatic rings. The summed E-state index contributed by atoms with van der Waals surface area (Å²) >= 11 is 0. The number of carbonyl (C=O) groups is 1. The first-order valence-electron chi connectivity index (χ1n) is 15.0. The highest BCUT2D eigenvalue weighted by molar-refractivity contribution is 5.97. The summed E-state index contributed by atoms with van der Waals surface area (Å²) in [6.07, 6.45) is 4.64. The number of hydrogen-bond acceptors (Lipinski definition) is 8. The third-order valence-corrected chi connectivity index (χ3v) is 8.95. The molecule has 1 aromatic heterocycles. The van der Waals surface area contributed by atoms with Crippen molar-refractivity contribution in [3.63, 3.8) is 0 Å². The van der Waals surface area contributed by atoms with Crippen LogP contribution in [0.4, 0.5) is 11.5 Å². The number of piperazine rings is 1. The van der Waals surface area contributed by atoms with Gasteiger partial charge in [-0.05, 0) is 56.3 Å². The van der Waals surface area contributed by atoms with E-state index in [4.69, 9.17) is 14.7 Å². The standard InChI is InChI=1S/C33H39N7O2/c1-4-30(41)40-19-18-39(20-25(40)13-15-34)33-26-14-17-38(28-11-6-10-24-9-5-8-23(2)32(24)28)21-27(26)35-29(36-33)22-42-31-12-7-16-37(31)3/h4-6,8-11,25,31H,1,7,12-14,16-22H2,2-3H3/t25-,31-/m0/s1. The third-order valence-electron chi connectivity index (χ3n) is 8.95. The zero-order valence-corrected chi connectivity index (χ0v) is 24.6. The van der Waals surface area contributed by atoms with E-state index in [1.807, 2.05) is 0 Å². The van der Waals surface area contributed by atoms with Crippen LogP contribution in [-0.4, -0.2) is 77.7 Å². The predicted octanol–water partition coefficient (Wildman–Crippen LogP) is 4.19. The molecule has 218 valence electrons. The van der Waals surface area contributed by atoms with E-state index >= 15 is 0 Å². The van der Waals surface area contributed by atoms with Crippen molar-refractivity contribution in [2.24, 2.45) is 0 Å². The topological polar surface area (TPSA) is 88.8 Å². The number of hydrogen-bond donors (Lipinski definition) is 0. The van der Waals surface area contributed by atoms with Gasteiger partial charge in [0.25, 0.3) is 0 Å². The molecule has 4 heterocycles. The fourth-order valence-electron chi connectivity index (χ4n) is 6.76. The monoisotopic (exact) mass is 565 g/mol. The van der Waals surface area contributed by atoms with E-state index in [-0.39, 0.29) is 24.6 Å². The van der Waals surface area contributed by atoms with E-state index in [1.54, 1.807) is 4.90 Å². The Bertz CT molecular complexity index is 1530. The molecule has 2 fully saturated rings. The van der Waals surface area contributed by atoms with Gasteiger partial charge in [0.2, 0.25) is 5.91 Å². The van der Waals surface area contributed by atoms with E-state index in [1.165, 1.54) is 28.1 Å². The molecule has 2 atom stereocenters. The predicted molar refractivity (Wildman–Crippen MR) is 164 cm³/mol. The smallest absolute Gasteiger partial charge is 0.246 e. The number of aryl methyl sites for hydroxylation is 1. The Hall–Kier alpha value is -4.00. The van der Waals surface area contributed by atoms with Crippen LogP contribution < -0.4 is 9.80 Å². The molecule has 0 bridgehead atoms. The Morgan fingerprint density at radius 1 is 1.14 bits per heavy atom. The first-order valence-corrected chi connectivity index (χ1v) is 15.0. The van der Waals surface area contributed by atoms with Gasteiger partial charge in [-0.15, -0.1) is 0 Å². The molecule has 2 saturated heterocycles. The number of rotatable bonds is 7. The lowest BCUT2D eigenvalue weighted by Gasteiger charge is -2.42. The molecule has 0 spiro atoms. The molecule has 42 heavy (non-hydrogen) atoms. The minimum Gasteiger partial charge on any atom is -0.365 e. The molecule has 9 heteroatoms. The molecule has 0 unspecified atom stereocenters. The van der Waals surface area contributed by atoms with Crippen LogP contribution in [0.25, 0.3) is 10.8 Å². The lowest BCUT2D eigenvalue weighted by atomic mass is 9.99. The van der Waals surface area contributed by atoms with Crippen molar-refractivity contribution in [1.82, 2.24) is 19.8 Å². The molecule has 1 amide bonds. The maximum Gasteiger partial charge on any atom is 0.246 e. The highest BCUT2D eigenvalue weighted by Gasteiger charge is 2.33. The number of carbonyl (C=O) groups excluding carboxylic acids is 1. The minimum atomic E-state index is -0.217. The summed E-state index contributed by atoms with van der Waals surface area (Å²) in [5.41, 5.74) is 4.68. The van der Waals surface area contributed by atoms with E-state index in [0.29, 0.717) is 38.6 Å². The number of anilines is 2. The summed E-state index contributed by atoms with van der Waals surface area (Å²) in [6.45, 7) is 10.5. The lowest BCUT2D eigenvalue weighted by Crippen LogP contribution is -2.55. The minimum absolute atomic E-state index is 0.0803. The molecular weight excluding hydrogens is 526 g/mol. The second-order valence-corrected chi connectivity index (χ2v) is 11.6. The highest BCUT2D eigenvalue weighted by Crippen LogP contribution is 2.35. The molecule has 0 saturated carbocycles. The van der Waals surface area contributed by atoms with Crippen LogP contribution >= 0.6 is 0 Å². The number of fused-ring (bicyclic) bond motifs is 2. The van der Waals surface area contributed by atoms with Gasteiger partial charge in [-0.25, -0.2) is 9.97 Å². The lowest BCUT2D eigenvalue weighted by molar-refractivity contribution is -0.128. The summed E-state index contributed by atoms with van der Waals surface area (Å²) in [4.78, 5) is 31.4. The van der Waals surface area contributed by atoms with Gasteiger partial charge in [0.05, 0.1) is 30.8 Å². The number of benzene rings is 2. The number of nitrogens with zero attached hydrogens (tertiary/aromatic N) is 7. The van der Waals surface area contributed by atoms with Gasteiger partial charge in [-0.3, -0.25) is 9.69 Å². The molecule has 9 nitrogen and oxygen atoms in total. The number of likely N-dealkylation sites (tertiary alicyclic amines) is 1. The molecule has 3 aliphatic rings. The Kier molecular flexibility index (Phi) is 8.09. The van der Waals surface area contributed by atoms with Crippen LogP contribution in [0.3, 0.4) is 0 Å². The van der Waals surface area contributed by atoms with E-state index < -0.39 is 0 Å². The van der Waals surface area contributed by atoms with Crippen LogP contribution in [0.15, 0.2) is 49.1 Å². The summed E-state index contributed by atoms with van der Waals surface area (Å²) in [5, 5.41) is 12.1. The average Bonchev–Trinajstić information content (AvgIpc) is 3.43. The van der Waals surface area contributed by atoms with Crippen LogP contribution in [0.5, 0.6) is 0 Å². The molecule has 0 aliphatic carbocycles. The van der Waals surface area contributed by atoms with Crippen LogP contribution in [0.1, 0.15) is 41.9 Å². The Labute approximate surface area is 248 Å². The summed E-state index contributed by atoms with van der Waals surface area (Å²) in [7, 11) is 2.10. The van der Waals surface area contributed by atoms with Crippen LogP contribution in [0, 0.1) is 18.3 Å². The normalized spacial score (nSPS) is 20.9. The maximum atomic E-state index is 12.5. The van der Waals surface area contributed by atoms with Crippen molar-refractivity contribution in [2.45, 2.75) is 58.0 Å². The van der Waals surface area contributed by atoms with Gasteiger partial charge in [0, 0.05) is 49.4 Å². The quantitative estimate of drug-likeness (QED) is 0.394. The van der Waals surface area contributed by atoms with Gasteiger partial charge in [0.1, 0.15) is 18.7 Å². The third kappa shape index (κ3) is 5.44. The van der Waals surface area contributed by atoms with Crippen molar-refractivity contribution in [2.75, 3.05) is 49.6 Å². The van der Waals surface area contributed by atoms with Crippen molar-refractivity contribution >= 4 is 28.2 Å². The first kappa shape index (κ1) is 28.1. The Balaban J connectivity index is 1.34. The summed E-state index contributed by atoms with van der Waals surface area (Å²) in [6, 6.07) is 15.0. The Morgan fingerprint density at radius 2 is 1.98 bits per heavy atom. The summed E-state index contributed by atoms with van der Waals surface area (Å²) in [5.74, 6) is 1.47. The van der Waals surface area contributed by atoms with Crippen molar-refractivity contribution in [3.05, 3.63) is 71.7 Å².